The van der Waals surface area contributed by atoms with Crippen LogP contribution in [0, 0.1) is 0 Å². The lowest BCUT2D eigenvalue weighted by Gasteiger charge is -2.06. The van der Waals surface area contributed by atoms with Gasteiger partial charge in [0.15, 0.2) is 0 Å². The van der Waals surface area contributed by atoms with Gasteiger partial charge in [0.25, 0.3) is 0 Å². The van der Waals surface area contributed by atoms with E-state index in [2.05, 4.69) is 4.72 Å². The zero-order valence-electron chi connectivity index (χ0n) is 7.28. The molecule has 0 aliphatic rings. The molecule has 7 heteroatoms. The van der Waals surface area contributed by atoms with Gasteiger partial charge in [-0.2, -0.15) is 0 Å². The Kier molecular flexibility index (Phi) is 2.89. The van der Waals surface area contributed by atoms with Gasteiger partial charge < -0.3 is 10.8 Å². The number of nitrogens with two attached hydrogens (primary N) is 1. The summed E-state index contributed by atoms with van der Waals surface area (Å²) >= 11 is 5.65. The van der Waals surface area contributed by atoms with Crippen LogP contribution in [0.3, 0.4) is 0 Å². The average Bonchev–Trinajstić information content (AvgIpc) is 2.11. The molecule has 14 heavy (non-hydrogen) atoms. The van der Waals surface area contributed by atoms with Crippen LogP contribution in [-0.2, 0) is 10.0 Å². The Bertz CT molecular complexity index is 458. The van der Waals surface area contributed by atoms with Crippen LogP contribution in [0.2, 0.25) is 5.02 Å². The van der Waals surface area contributed by atoms with Crippen molar-refractivity contribution in [2.45, 2.75) is 4.90 Å². The summed E-state index contributed by atoms with van der Waals surface area (Å²) in [5.74, 6) is -0.316. The molecule has 78 valence electrons. The first kappa shape index (κ1) is 11.1. The Hall–Kier alpha value is -0.980. The highest BCUT2D eigenvalue weighted by atomic mass is 35.5. The summed E-state index contributed by atoms with van der Waals surface area (Å²) in [7, 11) is -2.42. The molecule has 0 aliphatic carbocycles. The van der Waals surface area contributed by atoms with Crippen molar-refractivity contribution in [2.75, 3.05) is 12.8 Å². The highest BCUT2D eigenvalue weighted by Crippen LogP contribution is 2.30. The fraction of sp³-hybridized carbons (Fsp3) is 0.143. The van der Waals surface area contributed by atoms with Crippen LogP contribution in [0.4, 0.5) is 5.69 Å². The molecule has 1 aromatic carbocycles. The largest absolute Gasteiger partial charge is 0.506 e. The van der Waals surface area contributed by atoms with Crippen LogP contribution in [0.1, 0.15) is 0 Å². The van der Waals surface area contributed by atoms with Crippen molar-refractivity contribution in [3.05, 3.63) is 17.2 Å². The minimum atomic E-state index is -3.67. The number of hydrogen-bond donors (Lipinski definition) is 3. The molecule has 0 atom stereocenters. The van der Waals surface area contributed by atoms with E-state index >= 15 is 0 Å². The average molecular weight is 237 g/mol. The van der Waals surface area contributed by atoms with Gasteiger partial charge in [0.2, 0.25) is 10.0 Å². The standard InChI is InChI=1S/C7H9ClN2O3S/c1-10-14(12,13)7-3-6(11)5(9)2-4(7)8/h2-3,10-11H,9H2,1H3. The van der Waals surface area contributed by atoms with Gasteiger partial charge in [-0.05, 0) is 13.1 Å². The molecule has 0 fully saturated rings. The van der Waals surface area contributed by atoms with Gasteiger partial charge in [-0.15, -0.1) is 0 Å². The highest BCUT2D eigenvalue weighted by Gasteiger charge is 2.17. The van der Waals surface area contributed by atoms with Crippen LogP contribution >= 0.6 is 11.6 Å². The van der Waals surface area contributed by atoms with Gasteiger partial charge in [-0.3, -0.25) is 0 Å². The summed E-state index contributed by atoms with van der Waals surface area (Å²) in [5, 5.41) is 9.17. The fourth-order valence-electron chi connectivity index (χ4n) is 0.874. The molecule has 0 unspecified atom stereocenters. The maximum Gasteiger partial charge on any atom is 0.241 e. The lowest BCUT2D eigenvalue weighted by atomic mass is 10.3. The molecular formula is C7H9ClN2O3S. The van der Waals surface area contributed by atoms with Crippen molar-refractivity contribution < 1.29 is 13.5 Å². The van der Waals surface area contributed by atoms with Gasteiger partial charge in [0.05, 0.1) is 10.7 Å². The van der Waals surface area contributed by atoms with E-state index in [0.717, 1.165) is 6.07 Å². The number of aromatic hydroxyl groups is 1. The molecule has 0 spiro atoms. The Morgan fingerprint density at radius 2 is 2.07 bits per heavy atom. The van der Waals surface area contributed by atoms with Crippen molar-refractivity contribution in [3.8, 4) is 5.75 Å². The molecule has 1 aromatic rings. The summed E-state index contributed by atoms with van der Waals surface area (Å²) in [4.78, 5) is -0.201. The van der Waals surface area contributed by atoms with E-state index in [-0.39, 0.29) is 21.4 Å². The number of phenols is 1. The van der Waals surface area contributed by atoms with Gasteiger partial charge in [0, 0.05) is 6.07 Å². The Morgan fingerprint density at radius 3 is 2.57 bits per heavy atom. The molecule has 5 nitrogen and oxygen atoms in total. The number of sulfonamides is 1. The first-order valence-electron chi connectivity index (χ1n) is 3.60. The summed E-state index contributed by atoms with van der Waals surface area (Å²) in [5.41, 5.74) is 5.36. The van der Waals surface area contributed by atoms with E-state index in [9.17, 15) is 13.5 Å². The second kappa shape index (κ2) is 3.64. The van der Waals surface area contributed by atoms with E-state index in [1.165, 1.54) is 13.1 Å². The number of hydrogen-bond acceptors (Lipinski definition) is 4. The maximum atomic E-state index is 11.3. The number of phenolic OH excluding ortho intramolecular Hbond substituents is 1. The van der Waals surface area contributed by atoms with E-state index in [1.54, 1.807) is 0 Å². The van der Waals surface area contributed by atoms with Crippen molar-refractivity contribution >= 4 is 27.3 Å². The quantitative estimate of drug-likeness (QED) is 0.516. The van der Waals surface area contributed by atoms with E-state index in [0.29, 0.717) is 0 Å². The zero-order valence-corrected chi connectivity index (χ0v) is 8.85. The van der Waals surface area contributed by atoms with Gasteiger partial charge in [-0.1, -0.05) is 11.6 Å². The zero-order chi connectivity index (χ0) is 10.9. The maximum absolute atomic E-state index is 11.3. The number of nitrogens with one attached hydrogen (secondary N) is 1. The lowest BCUT2D eigenvalue weighted by molar-refractivity contribution is 0.476. The second-order valence-corrected chi connectivity index (χ2v) is 4.81. The minimum Gasteiger partial charge on any atom is -0.506 e. The molecule has 0 aliphatic heterocycles. The molecule has 0 saturated heterocycles. The smallest absolute Gasteiger partial charge is 0.241 e. The van der Waals surface area contributed by atoms with Gasteiger partial charge >= 0.3 is 0 Å². The number of anilines is 1. The monoisotopic (exact) mass is 236 g/mol. The molecule has 1 rings (SSSR count). The Labute approximate surface area is 86.5 Å². The summed E-state index contributed by atoms with van der Waals surface area (Å²) < 4.78 is 24.8. The molecule has 0 heterocycles. The molecule has 0 saturated carbocycles. The second-order valence-electron chi connectivity index (χ2n) is 2.55. The normalized spacial score (nSPS) is 11.6. The topological polar surface area (TPSA) is 92.4 Å². The number of benzene rings is 1. The summed E-state index contributed by atoms with van der Waals surface area (Å²) in [6.45, 7) is 0. The Morgan fingerprint density at radius 1 is 1.50 bits per heavy atom. The predicted octanol–water partition coefficient (Wildman–Crippen LogP) is 0.536. The molecule has 4 N–H and O–H groups in total. The molecular weight excluding hydrogens is 228 g/mol. The van der Waals surface area contributed by atoms with Crippen LogP contribution < -0.4 is 10.5 Å². The van der Waals surface area contributed by atoms with Gasteiger partial charge in [-0.25, -0.2) is 13.1 Å². The highest BCUT2D eigenvalue weighted by molar-refractivity contribution is 7.89. The van der Waals surface area contributed by atoms with Crippen LogP contribution in [-0.4, -0.2) is 20.6 Å². The minimum absolute atomic E-state index is 0.0325. The molecule has 0 radical (unpaired) electrons. The van der Waals surface area contributed by atoms with Gasteiger partial charge in [0.1, 0.15) is 10.6 Å². The van der Waals surface area contributed by atoms with E-state index in [4.69, 9.17) is 17.3 Å². The van der Waals surface area contributed by atoms with Crippen molar-refractivity contribution in [1.29, 1.82) is 0 Å². The molecule has 0 aromatic heterocycles. The van der Waals surface area contributed by atoms with Crippen molar-refractivity contribution in [1.82, 2.24) is 4.72 Å². The SMILES string of the molecule is CNS(=O)(=O)c1cc(O)c(N)cc1Cl. The summed E-state index contributed by atoms with van der Waals surface area (Å²) in [6.07, 6.45) is 0. The molecule has 0 bridgehead atoms. The third kappa shape index (κ3) is 1.92. The summed E-state index contributed by atoms with van der Waals surface area (Å²) in [6, 6.07) is 2.19. The number of nitrogen functional groups attached to an aromatic ring is 1. The van der Waals surface area contributed by atoms with Crippen LogP contribution in [0.25, 0.3) is 0 Å². The van der Waals surface area contributed by atoms with Crippen LogP contribution in [0.15, 0.2) is 17.0 Å². The van der Waals surface area contributed by atoms with Crippen LogP contribution in [0.5, 0.6) is 5.75 Å². The third-order valence-electron chi connectivity index (χ3n) is 1.64. The van der Waals surface area contributed by atoms with Crippen molar-refractivity contribution in [2.24, 2.45) is 0 Å². The first-order chi connectivity index (χ1) is 6.38. The van der Waals surface area contributed by atoms with E-state index in [1.807, 2.05) is 0 Å². The predicted molar refractivity (Wildman–Crippen MR) is 53.8 cm³/mol. The third-order valence-corrected chi connectivity index (χ3v) is 3.52. The Balaban J connectivity index is 3.45. The first-order valence-corrected chi connectivity index (χ1v) is 5.46. The molecule has 0 amide bonds. The number of rotatable bonds is 2. The lowest BCUT2D eigenvalue weighted by Crippen LogP contribution is -2.19. The number of halogens is 1. The fourth-order valence-corrected chi connectivity index (χ4v) is 2.15. The van der Waals surface area contributed by atoms with Crippen molar-refractivity contribution in [3.63, 3.8) is 0 Å². The van der Waals surface area contributed by atoms with E-state index < -0.39 is 10.0 Å².